The van der Waals surface area contributed by atoms with E-state index < -0.39 is 7.82 Å². The molecular formula is C3H9O6P. The van der Waals surface area contributed by atoms with Crippen molar-refractivity contribution in [1.29, 1.82) is 0 Å². The molecule has 0 saturated heterocycles. The van der Waals surface area contributed by atoms with Crippen molar-refractivity contribution in [3.05, 3.63) is 0 Å². The van der Waals surface area contributed by atoms with Crippen molar-refractivity contribution >= 4 is 7.82 Å². The van der Waals surface area contributed by atoms with Crippen LogP contribution in [0.2, 0.25) is 0 Å². The molecule has 0 heterocycles. The average Bonchev–Trinajstić information content (AvgIpc) is 1.89. The molecule has 7 heteroatoms. The van der Waals surface area contributed by atoms with Crippen LogP contribution in [0.4, 0.5) is 0 Å². The van der Waals surface area contributed by atoms with Gasteiger partial charge in [-0.3, -0.25) is 4.52 Å². The van der Waals surface area contributed by atoms with Crippen LogP contribution in [0.3, 0.4) is 0 Å². The molecular weight excluding hydrogens is 163 g/mol. The summed E-state index contributed by atoms with van der Waals surface area (Å²) in [4.78, 5) is 8.11. The van der Waals surface area contributed by atoms with E-state index >= 15 is 0 Å². The average molecular weight is 172 g/mol. The fraction of sp³-hybridized carbons (Fsp3) is 1.00. The first-order chi connectivity index (χ1) is 4.68. The lowest BCUT2D eigenvalue weighted by Gasteiger charge is -2.09. The van der Waals surface area contributed by atoms with Gasteiger partial charge in [-0.05, 0) is 0 Å². The summed E-state index contributed by atoms with van der Waals surface area (Å²) in [6, 6.07) is 0. The van der Waals surface area contributed by atoms with E-state index in [-0.39, 0.29) is 0 Å². The summed E-state index contributed by atoms with van der Waals surface area (Å²) in [5.41, 5.74) is 0. The van der Waals surface area contributed by atoms with Crippen LogP contribution < -0.4 is 0 Å². The SMILES string of the molecule is COOP(=O)(OC)OOC. The van der Waals surface area contributed by atoms with Crippen LogP contribution in [0.25, 0.3) is 0 Å². The predicted molar refractivity (Wildman–Crippen MR) is 30.8 cm³/mol. The topological polar surface area (TPSA) is 63.2 Å². The monoisotopic (exact) mass is 172 g/mol. The summed E-state index contributed by atoms with van der Waals surface area (Å²) < 4.78 is 23.4. The van der Waals surface area contributed by atoms with Crippen molar-refractivity contribution in [2.24, 2.45) is 0 Å². The van der Waals surface area contributed by atoms with Crippen molar-refractivity contribution in [1.82, 2.24) is 0 Å². The first-order valence-electron chi connectivity index (χ1n) is 2.29. The van der Waals surface area contributed by atoms with E-state index in [1.165, 1.54) is 14.2 Å². The van der Waals surface area contributed by atoms with Gasteiger partial charge in [-0.15, -0.1) is 9.35 Å². The Morgan fingerprint density at radius 1 is 1.00 bits per heavy atom. The minimum Gasteiger partial charge on any atom is -0.287 e. The Balaban J connectivity index is 3.83. The van der Waals surface area contributed by atoms with Crippen molar-refractivity contribution in [2.75, 3.05) is 21.3 Å². The van der Waals surface area contributed by atoms with Crippen LogP contribution in [0.15, 0.2) is 0 Å². The van der Waals surface area contributed by atoms with Gasteiger partial charge in [-0.1, -0.05) is 0 Å². The molecule has 6 nitrogen and oxygen atoms in total. The van der Waals surface area contributed by atoms with E-state index in [4.69, 9.17) is 0 Å². The molecule has 0 spiro atoms. The van der Waals surface area contributed by atoms with Crippen molar-refractivity contribution in [2.45, 2.75) is 0 Å². The molecule has 0 bridgehead atoms. The second-order valence-electron chi connectivity index (χ2n) is 1.11. The van der Waals surface area contributed by atoms with Gasteiger partial charge in [0.05, 0.1) is 14.2 Å². The van der Waals surface area contributed by atoms with Crippen molar-refractivity contribution in [3.63, 3.8) is 0 Å². The number of rotatable bonds is 5. The Hall–Kier alpha value is 0.0300. The standard InChI is InChI=1S/C3H9O6P/c1-5-8-10(4,7-3)9-6-2/h1-3H3. The van der Waals surface area contributed by atoms with Gasteiger partial charge in [0, 0.05) is 7.11 Å². The maximum Gasteiger partial charge on any atom is 0.529 e. The van der Waals surface area contributed by atoms with Crippen LogP contribution in [0.1, 0.15) is 0 Å². The summed E-state index contributed by atoms with van der Waals surface area (Å²) >= 11 is 0. The molecule has 62 valence electrons. The number of hydrogen-bond donors (Lipinski definition) is 0. The molecule has 0 aromatic heterocycles. The lowest BCUT2D eigenvalue weighted by Crippen LogP contribution is -1.95. The highest BCUT2D eigenvalue weighted by Gasteiger charge is 2.27. The first-order valence-corrected chi connectivity index (χ1v) is 3.75. The summed E-state index contributed by atoms with van der Waals surface area (Å²) in [5, 5.41) is 0. The van der Waals surface area contributed by atoms with Gasteiger partial charge in [0.2, 0.25) is 0 Å². The Bertz CT molecular complexity index is 114. The highest BCUT2D eigenvalue weighted by atomic mass is 31.2. The van der Waals surface area contributed by atoms with E-state index in [9.17, 15) is 4.57 Å². The van der Waals surface area contributed by atoms with Crippen molar-refractivity contribution in [3.8, 4) is 0 Å². The molecule has 0 atom stereocenters. The van der Waals surface area contributed by atoms with E-state index in [1.54, 1.807) is 0 Å². The third-order valence-electron chi connectivity index (χ3n) is 0.555. The fourth-order valence-electron chi connectivity index (χ4n) is 0.256. The molecule has 0 aliphatic rings. The molecule has 0 aliphatic carbocycles. The second-order valence-corrected chi connectivity index (χ2v) is 2.67. The largest absolute Gasteiger partial charge is 0.529 e. The Morgan fingerprint density at radius 2 is 1.40 bits per heavy atom. The maximum absolute atomic E-state index is 10.9. The molecule has 0 rings (SSSR count). The highest BCUT2D eigenvalue weighted by molar-refractivity contribution is 7.48. The zero-order valence-electron chi connectivity index (χ0n) is 5.90. The zero-order chi connectivity index (χ0) is 8.04. The van der Waals surface area contributed by atoms with E-state index in [2.05, 4.69) is 23.6 Å². The predicted octanol–water partition coefficient (Wildman–Crippen LogP) is 0.897. The van der Waals surface area contributed by atoms with Gasteiger partial charge in [-0.25, -0.2) is 14.3 Å². The quantitative estimate of drug-likeness (QED) is 0.348. The summed E-state index contributed by atoms with van der Waals surface area (Å²) in [5.74, 6) is 0. The molecule has 0 N–H and O–H groups in total. The minimum absolute atomic E-state index is 1.14. The van der Waals surface area contributed by atoms with Crippen LogP contribution in [0, 0.1) is 0 Å². The van der Waals surface area contributed by atoms with Crippen LogP contribution in [-0.2, 0) is 28.2 Å². The molecule has 0 unspecified atom stereocenters. The third kappa shape index (κ3) is 3.26. The summed E-state index contributed by atoms with van der Waals surface area (Å²) in [6.45, 7) is 0. The Morgan fingerprint density at radius 3 is 1.60 bits per heavy atom. The van der Waals surface area contributed by atoms with E-state index in [1.807, 2.05) is 0 Å². The van der Waals surface area contributed by atoms with Gasteiger partial charge >= 0.3 is 7.82 Å². The van der Waals surface area contributed by atoms with E-state index in [0.29, 0.717) is 0 Å². The van der Waals surface area contributed by atoms with Crippen LogP contribution in [0.5, 0.6) is 0 Å². The molecule has 0 aromatic carbocycles. The molecule has 0 fully saturated rings. The fourth-order valence-corrected chi connectivity index (χ4v) is 0.768. The highest BCUT2D eigenvalue weighted by Crippen LogP contribution is 2.48. The molecule has 0 saturated carbocycles. The zero-order valence-corrected chi connectivity index (χ0v) is 6.79. The first kappa shape index (κ1) is 10.0. The third-order valence-corrected chi connectivity index (χ3v) is 1.67. The summed E-state index contributed by atoms with van der Waals surface area (Å²) in [6.07, 6.45) is 0. The Kier molecular flexibility index (Phi) is 4.80. The molecule has 0 amide bonds. The summed E-state index contributed by atoms with van der Waals surface area (Å²) in [7, 11) is -0.164. The van der Waals surface area contributed by atoms with Gasteiger partial charge in [0.1, 0.15) is 0 Å². The normalized spacial score (nSPS) is 11.9. The van der Waals surface area contributed by atoms with Crippen LogP contribution in [-0.4, -0.2) is 21.3 Å². The smallest absolute Gasteiger partial charge is 0.287 e. The second kappa shape index (κ2) is 4.79. The molecule has 0 aromatic rings. The van der Waals surface area contributed by atoms with Gasteiger partial charge in [-0.2, -0.15) is 0 Å². The molecule has 0 aliphatic heterocycles. The van der Waals surface area contributed by atoms with Gasteiger partial charge in [0.15, 0.2) is 0 Å². The Labute approximate surface area is 58.4 Å². The van der Waals surface area contributed by atoms with Crippen molar-refractivity contribution < 1.29 is 28.2 Å². The van der Waals surface area contributed by atoms with Gasteiger partial charge in [0.25, 0.3) is 0 Å². The maximum atomic E-state index is 10.9. The van der Waals surface area contributed by atoms with Crippen LogP contribution >= 0.6 is 7.82 Å². The van der Waals surface area contributed by atoms with E-state index in [0.717, 1.165) is 7.11 Å². The minimum atomic E-state index is -3.64. The lowest BCUT2D eigenvalue weighted by molar-refractivity contribution is -0.257. The lowest BCUT2D eigenvalue weighted by atomic mass is 11.8. The number of phosphoric acid groups is 1. The molecule has 0 radical (unpaired) electrons. The van der Waals surface area contributed by atoms with Gasteiger partial charge < -0.3 is 0 Å². The molecule has 10 heavy (non-hydrogen) atoms. The number of hydrogen-bond acceptors (Lipinski definition) is 6.